The second-order valence-electron chi connectivity index (χ2n) is 7.38. The topological polar surface area (TPSA) is 30.3 Å². The molecule has 2 aliphatic heterocycles. The molecule has 0 N–H and O–H groups in total. The van der Waals surface area contributed by atoms with Gasteiger partial charge in [-0.25, -0.2) is 4.98 Å². The first-order valence-electron chi connectivity index (χ1n) is 8.62. The van der Waals surface area contributed by atoms with Gasteiger partial charge in [0.25, 0.3) is 0 Å². The van der Waals surface area contributed by atoms with E-state index in [1.165, 1.54) is 5.69 Å². The van der Waals surface area contributed by atoms with E-state index >= 15 is 0 Å². The van der Waals surface area contributed by atoms with E-state index in [1.54, 1.807) is 0 Å². The van der Waals surface area contributed by atoms with E-state index in [0.29, 0.717) is 5.92 Å². The van der Waals surface area contributed by atoms with Crippen LogP contribution in [0.3, 0.4) is 0 Å². The highest BCUT2D eigenvalue weighted by Crippen LogP contribution is 2.48. The van der Waals surface area contributed by atoms with Crippen LogP contribution in [0, 0.1) is 5.92 Å². The van der Waals surface area contributed by atoms with Crippen molar-refractivity contribution in [3.05, 3.63) is 36.3 Å². The molecule has 0 unspecified atom stereocenters. The zero-order chi connectivity index (χ0) is 16.0. The van der Waals surface area contributed by atoms with Gasteiger partial charge in [0.15, 0.2) is 5.60 Å². The summed E-state index contributed by atoms with van der Waals surface area (Å²) in [5.74, 6) is 1.58. The van der Waals surface area contributed by atoms with Crippen LogP contribution in [0.4, 0.5) is 0 Å². The molecule has 0 aliphatic carbocycles. The highest BCUT2D eigenvalue weighted by molar-refractivity contribution is 5.72. The van der Waals surface area contributed by atoms with E-state index < -0.39 is 0 Å². The van der Waals surface area contributed by atoms with Crippen molar-refractivity contribution in [2.24, 2.45) is 5.92 Å². The summed E-state index contributed by atoms with van der Waals surface area (Å²) in [5, 5.41) is 0. The Morgan fingerprint density at radius 2 is 1.96 bits per heavy atom. The smallest absolute Gasteiger partial charge is 0.153 e. The number of hydrogen-bond donors (Lipinski definition) is 0. The van der Waals surface area contributed by atoms with Gasteiger partial charge < -0.3 is 14.2 Å². The third-order valence-corrected chi connectivity index (χ3v) is 5.07. The monoisotopic (exact) mass is 311 g/mol. The fourth-order valence-corrected chi connectivity index (χ4v) is 3.92. The van der Waals surface area contributed by atoms with Crippen LogP contribution in [0.15, 0.2) is 30.6 Å². The van der Waals surface area contributed by atoms with Crippen LogP contribution in [0.1, 0.15) is 32.4 Å². The Kier molecular flexibility index (Phi) is 3.45. The third kappa shape index (κ3) is 2.36. The standard InChI is InChI=1S/C19H25N3O/c1-14(2)12-22-13-20-17-15-6-4-5-7-16(15)23-19(18(17)22)8-10-21(3)11-9-19/h4-7,13-14H,8-12H2,1-3H3. The van der Waals surface area contributed by atoms with Crippen molar-refractivity contribution in [3.8, 4) is 17.0 Å². The van der Waals surface area contributed by atoms with Gasteiger partial charge in [-0.2, -0.15) is 0 Å². The normalized spacial score (nSPS) is 19.5. The number of likely N-dealkylation sites (tertiary alicyclic amines) is 1. The number of nitrogens with zero attached hydrogens (tertiary/aromatic N) is 3. The summed E-state index contributed by atoms with van der Waals surface area (Å²) < 4.78 is 8.96. The Balaban J connectivity index is 1.86. The molecule has 0 saturated carbocycles. The lowest BCUT2D eigenvalue weighted by Crippen LogP contribution is -2.47. The molecule has 4 nitrogen and oxygen atoms in total. The van der Waals surface area contributed by atoms with Gasteiger partial charge in [-0.05, 0) is 25.1 Å². The van der Waals surface area contributed by atoms with Gasteiger partial charge in [-0.15, -0.1) is 0 Å². The van der Waals surface area contributed by atoms with Gasteiger partial charge in [0.05, 0.1) is 17.7 Å². The fraction of sp³-hybridized carbons (Fsp3) is 0.526. The predicted molar refractivity (Wildman–Crippen MR) is 91.5 cm³/mol. The SMILES string of the molecule is CC(C)Cn1cnc2c1C1(CCN(C)CC1)Oc1ccccc1-2. The molecule has 1 fully saturated rings. The van der Waals surface area contributed by atoms with E-state index in [1.807, 2.05) is 6.33 Å². The van der Waals surface area contributed by atoms with Crippen molar-refractivity contribution in [1.29, 1.82) is 0 Å². The molecule has 1 aromatic carbocycles. The second-order valence-corrected chi connectivity index (χ2v) is 7.38. The molecule has 1 spiro atoms. The molecular weight excluding hydrogens is 286 g/mol. The Morgan fingerprint density at radius 3 is 2.70 bits per heavy atom. The fourth-order valence-electron chi connectivity index (χ4n) is 3.92. The molecule has 4 rings (SSSR count). The number of piperidine rings is 1. The Hall–Kier alpha value is -1.81. The number of benzene rings is 1. The molecule has 2 aliphatic rings. The lowest BCUT2D eigenvalue weighted by Gasteiger charge is -2.44. The van der Waals surface area contributed by atoms with Crippen molar-refractivity contribution in [3.63, 3.8) is 0 Å². The summed E-state index contributed by atoms with van der Waals surface area (Å²) in [7, 11) is 2.19. The van der Waals surface area contributed by atoms with Crippen molar-refractivity contribution >= 4 is 0 Å². The van der Waals surface area contributed by atoms with Crippen molar-refractivity contribution < 1.29 is 4.74 Å². The molecule has 122 valence electrons. The number of imidazole rings is 1. The van der Waals surface area contributed by atoms with Gasteiger partial charge in [0.1, 0.15) is 5.75 Å². The molecular formula is C19H25N3O. The summed E-state index contributed by atoms with van der Waals surface area (Å²) in [6.45, 7) is 7.63. The first-order chi connectivity index (χ1) is 11.1. The predicted octanol–water partition coefficient (Wildman–Crippen LogP) is 3.52. The number of ether oxygens (including phenoxy) is 1. The molecule has 1 aromatic heterocycles. The van der Waals surface area contributed by atoms with Crippen LogP contribution in [0.5, 0.6) is 5.75 Å². The van der Waals surface area contributed by atoms with E-state index in [4.69, 9.17) is 9.72 Å². The molecule has 0 radical (unpaired) electrons. The van der Waals surface area contributed by atoms with Crippen LogP contribution in [-0.2, 0) is 12.1 Å². The Morgan fingerprint density at radius 1 is 1.22 bits per heavy atom. The quantitative estimate of drug-likeness (QED) is 0.850. The lowest BCUT2D eigenvalue weighted by atomic mass is 9.83. The van der Waals surface area contributed by atoms with Gasteiger partial charge in [-0.3, -0.25) is 0 Å². The first-order valence-corrected chi connectivity index (χ1v) is 8.62. The largest absolute Gasteiger partial charge is 0.480 e. The molecule has 4 heteroatoms. The van der Waals surface area contributed by atoms with E-state index in [2.05, 4.69) is 54.6 Å². The first kappa shape index (κ1) is 14.8. The maximum absolute atomic E-state index is 6.63. The minimum atomic E-state index is -0.221. The average molecular weight is 311 g/mol. The van der Waals surface area contributed by atoms with Crippen LogP contribution < -0.4 is 4.74 Å². The number of hydrogen-bond acceptors (Lipinski definition) is 3. The summed E-state index contributed by atoms with van der Waals surface area (Å²) in [6, 6.07) is 8.33. The molecule has 1 saturated heterocycles. The molecule has 2 aromatic rings. The maximum atomic E-state index is 6.63. The zero-order valence-corrected chi connectivity index (χ0v) is 14.2. The number of aromatic nitrogens is 2. The van der Waals surface area contributed by atoms with Gasteiger partial charge in [0, 0.05) is 38.0 Å². The van der Waals surface area contributed by atoms with Crippen molar-refractivity contribution in [2.75, 3.05) is 20.1 Å². The van der Waals surface area contributed by atoms with Crippen LogP contribution in [-0.4, -0.2) is 34.6 Å². The highest BCUT2D eigenvalue weighted by Gasteiger charge is 2.45. The minimum Gasteiger partial charge on any atom is -0.480 e. The second kappa shape index (κ2) is 5.38. The molecule has 3 heterocycles. The average Bonchev–Trinajstić information content (AvgIpc) is 2.95. The highest BCUT2D eigenvalue weighted by atomic mass is 16.5. The van der Waals surface area contributed by atoms with Crippen LogP contribution in [0.2, 0.25) is 0 Å². The third-order valence-electron chi connectivity index (χ3n) is 5.07. The molecule has 0 atom stereocenters. The molecule has 0 amide bonds. The van der Waals surface area contributed by atoms with Gasteiger partial charge >= 0.3 is 0 Å². The van der Waals surface area contributed by atoms with E-state index in [0.717, 1.165) is 49.5 Å². The van der Waals surface area contributed by atoms with Crippen LogP contribution >= 0.6 is 0 Å². The van der Waals surface area contributed by atoms with E-state index in [-0.39, 0.29) is 5.60 Å². The van der Waals surface area contributed by atoms with E-state index in [9.17, 15) is 0 Å². The minimum absolute atomic E-state index is 0.221. The van der Waals surface area contributed by atoms with Crippen LogP contribution in [0.25, 0.3) is 11.3 Å². The zero-order valence-electron chi connectivity index (χ0n) is 14.2. The van der Waals surface area contributed by atoms with Crippen molar-refractivity contribution in [1.82, 2.24) is 14.5 Å². The lowest BCUT2D eigenvalue weighted by molar-refractivity contribution is -0.00517. The maximum Gasteiger partial charge on any atom is 0.153 e. The van der Waals surface area contributed by atoms with Gasteiger partial charge in [-0.1, -0.05) is 26.0 Å². The summed E-state index contributed by atoms with van der Waals surface area (Å²) >= 11 is 0. The summed E-state index contributed by atoms with van der Waals surface area (Å²) in [6.07, 6.45) is 4.06. The summed E-state index contributed by atoms with van der Waals surface area (Å²) in [4.78, 5) is 7.18. The summed E-state index contributed by atoms with van der Waals surface area (Å²) in [5.41, 5.74) is 3.33. The Labute approximate surface area is 138 Å². The number of para-hydroxylation sites is 1. The number of rotatable bonds is 2. The molecule has 0 bridgehead atoms. The Bertz CT molecular complexity index is 711. The van der Waals surface area contributed by atoms with Gasteiger partial charge in [0.2, 0.25) is 0 Å². The number of fused-ring (bicyclic) bond motifs is 4. The molecule has 23 heavy (non-hydrogen) atoms. The van der Waals surface area contributed by atoms with Crippen molar-refractivity contribution in [2.45, 2.75) is 38.8 Å².